The average molecular weight is 393 g/mol. The highest BCUT2D eigenvalue weighted by Crippen LogP contribution is 2.17. The lowest BCUT2D eigenvalue weighted by Gasteiger charge is -2.05. The predicted molar refractivity (Wildman–Crippen MR) is 109 cm³/mol. The van der Waals surface area contributed by atoms with Gasteiger partial charge in [-0.1, -0.05) is 29.8 Å². The molecule has 0 heterocycles. The number of ether oxygens (including phenoxy) is 2. The largest absolute Gasteiger partial charge is 0.497 e. The van der Waals surface area contributed by atoms with Crippen LogP contribution in [0.3, 0.4) is 0 Å². The van der Waals surface area contributed by atoms with Gasteiger partial charge in [0, 0.05) is 10.6 Å². The lowest BCUT2D eigenvalue weighted by molar-refractivity contribution is 0.0734. The highest BCUT2D eigenvalue weighted by molar-refractivity contribution is 6.30. The standard InChI is InChI=1S/C23H17ClO4/c1-27-20-13-7-17(8-14-20)22(25)15-4-16-2-11-21(12-3-16)28-23(26)18-5-9-19(24)10-6-18/h2-15H,1H3/b15-4+. The molecule has 0 spiro atoms. The van der Waals surface area contributed by atoms with Crippen LogP contribution >= 0.6 is 11.6 Å². The number of hydrogen-bond acceptors (Lipinski definition) is 4. The summed E-state index contributed by atoms with van der Waals surface area (Å²) in [6.45, 7) is 0. The first-order chi connectivity index (χ1) is 13.5. The Morgan fingerprint density at radius 3 is 1.96 bits per heavy atom. The molecular weight excluding hydrogens is 376 g/mol. The number of allylic oxidation sites excluding steroid dienone is 1. The highest BCUT2D eigenvalue weighted by Gasteiger charge is 2.08. The fourth-order valence-corrected chi connectivity index (χ4v) is 2.55. The van der Waals surface area contributed by atoms with Crippen LogP contribution in [0.2, 0.25) is 5.02 Å². The Morgan fingerprint density at radius 2 is 1.36 bits per heavy atom. The van der Waals surface area contributed by atoms with E-state index in [0.29, 0.717) is 27.6 Å². The smallest absolute Gasteiger partial charge is 0.343 e. The van der Waals surface area contributed by atoms with Crippen LogP contribution in [-0.4, -0.2) is 18.9 Å². The molecule has 0 saturated heterocycles. The zero-order valence-electron chi connectivity index (χ0n) is 15.1. The fraction of sp³-hybridized carbons (Fsp3) is 0.0435. The molecule has 0 aliphatic carbocycles. The molecule has 0 aliphatic heterocycles. The van der Waals surface area contributed by atoms with E-state index in [1.165, 1.54) is 6.08 Å². The van der Waals surface area contributed by atoms with Crippen molar-refractivity contribution in [1.29, 1.82) is 0 Å². The zero-order chi connectivity index (χ0) is 19.9. The van der Waals surface area contributed by atoms with Gasteiger partial charge in [-0.05, 0) is 72.3 Å². The van der Waals surface area contributed by atoms with Gasteiger partial charge in [0.2, 0.25) is 0 Å². The summed E-state index contributed by atoms with van der Waals surface area (Å²) in [6.07, 6.45) is 3.20. The number of hydrogen-bond donors (Lipinski definition) is 0. The molecule has 0 aliphatic rings. The third-order valence-electron chi connectivity index (χ3n) is 3.97. The van der Waals surface area contributed by atoms with Crippen LogP contribution in [0.15, 0.2) is 78.9 Å². The Labute approximate surface area is 168 Å². The minimum atomic E-state index is -0.463. The Balaban J connectivity index is 1.61. The molecule has 4 nitrogen and oxygen atoms in total. The third kappa shape index (κ3) is 5.09. The number of methoxy groups -OCH3 is 1. The van der Waals surface area contributed by atoms with E-state index in [-0.39, 0.29) is 5.78 Å². The van der Waals surface area contributed by atoms with Crippen molar-refractivity contribution in [2.24, 2.45) is 0 Å². The van der Waals surface area contributed by atoms with E-state index < -0.39 is 5.97 Å². The van der Waals surface area contributed by atoms with Crippen LogP contribution in [0.4, 0.5) is 0 Å². The quantitative estimate of drug-likeness (QED) is 0.242. The molecule has 0 saturated carbocycles. The van der Waals surface area contributed by atoms with Crippen LogP contribution in [0.1, 0.15) is 26.3 Å². The van der Waals surface area contributed by atoms with Gasteiger partial charge in [0.15, 0.2) is 5.78 Å². The van der Waals surface area contributed by atoms with E-state index in [9.17, 15) is 9.59 Å². The van der Waals surface area contributed by atoms with Gasteiger partial charge in [0.25, 0.3) is 0 Å². The summed E-state index contributed by atoms with van der Waals surface area (Å²) < 4.78 is 10.4. The second-order valence-electron chi connectivity index (χ2n) is 5.89. The van der Waals surface area contributed by atoms with Gasteiger partial charge in [-0.15, -0.1) is 0 Å². The maximum absolute atomic E-state index is 12.2. The van der Waals surface area contributed by atoms with E-state index in [1.807, 2.05) is 0 Å². The molecule has 0 unspecified atom stereocenters. The molecule has 3 aromatic carbocycles. The molecule has 0 aromatic heterocycles. The molecule has 28 heavy (non-hydrogen) atoms. The van der Waals surface area contributed by atoms with Crippen molar-refractivity contribution < 1.29 is 19.1 Å². The molecule has 0 N–H and O–H groups in total. The molecule has 0 fully saturated rings. The van der Waals surface area contributed by atoms with E-state index in [0.717, 1.165) is 5.56 Å². The average Bonchev–Trinajstić information content (AvgIpc) is 2.73. The normalized spacial score (nSPS) is 10.6. The summed E-state index contributed by atoms with van der Waals surface area (Å²) >= 11 is 5.81. The summed E-state index contributed by atoms with van der Waals surface area (Å²) in [5, 5.41) is 0.553. The number of carbonyl (C=O) groups excluding carboxylic acids is 2. The molecule has 0 amide bonds. The Morgan fingerprint density at radius 1 is 0.786 bits per heavy atom. The van der Waals surface area contributed by atoms with Crippen molar-refractivity contribution in [1.82, 2.24) is 0 Å². The summed E-state index contributed by atoms with van der Waals surface area (Å²) in [5.41, 5.74) is 1.80. The molecule has 0 radical (unpaired) electrons. The van der Waals surface area contributed by atoms with Crippen molar-refractivity contribution in [2.45, 2.75) is 0 Å². The first-order valence-corrected chi connectivity index (χ1v) is 8.87. The lowest BCUT2D eigenvalue weighted by Crippen LogP contribution is -2.08. The van der Waals surface area contributed by atoms with Crippen molar-refractivity contribution in [3.05, 3.63) is 101 Å². The first-order valence-electron chi connectivity index (χ1n) is 8.49. The molecule has 5 heteroatoms. The SMILES string of the molecule is COc1ccc(C(=O)/C=C/c2ccc(OC(=O)c3ccc(Cl)cc3)cc2)cc1. The number of benzene rings is 3. The Hall–Kier alpha value is -3.37. The number of ketones is 1. The summed E-state index contributed by atoms with van der Waals surface area (Å²) in [5.74, 6) is 0.540. The first kappa shape index (κ1) is 19.4. The van der Waals surface area contributed by atoms with E-state index in [2.05, 4.69) is 0 Å². The van der Waals surface area contributed by atoms with Crippen molar-refractivity contribution in [2.75, 3.05) is 7.11 Å². The topological polar surface area (TPSA) is 52.6 Å². The van der Waals surface area contributed by atoms with Crippen molar-refractivity contribution >= 4 is 29.4 Å². The van der Waals surface area contributed by atoms with E-state index in [4.69, 9.17) is 21.1 Å². The van der Waals surface area contributed by atoms with Crippen LogP contribution in [-0.2, 0) is 0 Å². The number of carbonyl (C=O) groups is 2. The summed E-state index contributed by atoms with van der Waals surface area (Å²) in [4.78, 5) is 24.3. The summed E-state index contributed by atoms with van der Waals surface area (Å²) in [7, 11) is 1.58. The van der Waals surface area contributed by atoms with Gasteiger partial charge in [-0.2, -0.15) is 0 Å². The van der Waals surface area contributed by atoms with Crippen LogP contribution in [0, 0.1) is 0 Å². The molecule has 0 atom stereocenters. The maximum Gasteiger partial charge on any atom is 0.343 e. The number of esters is 1. The lowest BCUT2D eigenvalue weighted by atomic mass is 10.1. The molecular formula is C23H17ClO4. The van der Waals surface area contributed by atoms with Crippen molar-refractivity contribution in [3.8, 4) is 11.5 Å². The summed E-state index contributed by atoms with van der Waals surface area (Å²) in [6, 6.07) is 20.3. The van der Waals surface area contributed by atoms with Gasteiger partial charge in [-0.3, -0.25) is 4.79 Å². The van der Waals surface area contributed by atoms with Crippen molar-refractivity contribution in [3.63, 3.8) is 0 Å². The molecule has 3 rings (SSSR count). The zero-order valence-corrected chi connectivity index (χ0v) is 15.8. The second kappa shape index (κ2) is 9.02. The monoisotopic (exact) mass is 392 g/mol. The van der Waals surface area contributed by atoms with Crippen LogP contribution in [0.25, 0.3) is 6.08 Å². The third-order valence-corrected chi connectivity index (χ3v) is 4.22. The van der Waals surface area contributed by atoms with Gasteiger partial charge in [0.1, 0.15) is 11.5 Å². The van der Waals surface area contributed by atoms with E-state index >= 15 is 0 Å². The molecule has 0 bridgehead atoms. The minimum absolute atomic E-state index is 0.110. The van der Waals surface area contributed by atoms with Crippen LogP contribution < -0.4 is 9.47 Å². The minimum Gasteiger partial charge on any atom is -0.497 e. The van der Waals surface area contributed by atoms with Gasteiger partial charge < -0.3 is 9.47 Å². The van der Waals surface area contributed by atoms with E-state index in [1.54, 1.807) is 86.0 Å². The molecule has 140 valence electrons. The Bertz CT molecular complexity index is 988. The molecule has 3 aromatic rings. The fourth-order valence-electron chi connectivity index (χ4n) is 2.42. The van der Waals surface area contributed by atoms with Crippen LogP contribution in [0.5, 0.6) is 11.5 Å². The maximum atomic E-state index is 12.2. The highest BCUT2D eigenvalue weighted by atomic mass is 35.5. The predicted octanol–water partition coefficient (Wildman–Crippen LogP) is 5.46. The number of halogens is 1. The van der Waals surface area contributed by atoms with Gasteiger partial charge in [0.05, 0.1) is 12.7 Å². The van der Waals surface area contributed by atoms with Gasteiger partial charge >= 0.3 is 5.97 Å². The number of rotatable bonds is 6. The second-order valence-corrected chi connectivity index (χ2v) is 6.33. The van der Waals surface area contributed by atoms with Gasteiger partial charge in [-0.25, -0.2) is 4.79 Å². The Kier molecular flexibility index (Phi) is 6.25.